The van der Waals surface area contributed by atoms with Crippen molar-refractivity contribution in [3.8, 4) is 0 Å². The van der Waals surface area contributed by atoms with E-state index in [1.165, 1.54) is 16.5 Å². The maximum absolute atomic E-state index is 11.3. The van der Waals surface area contributed by atoms with Gasteiger partial charge in [-0.3, -0.25) is 0 Å². The van der Waals surface area contributed by atoms with Crippen LogP contribution in [0.25, 0.3) is 10.9 Å². The Kier molecular flexibility index (Phi) is 3.51. The summed E-state index contributed by atoms with van der Waals surface area (Å²) in [5, 5.41) is 6.71. The predicted molar refractivity (Wildman–Crippen MR) is 78.4 cm³/mol. The fraction of sp³-hybridized carbons (Fsp3) is 0.400. The summed E-state index contributed by atoms with van der Waals surface area (Å²) in [4.78, 5) is 11.3. The van der Waals surface area contributed by atoms with Crippen LogP contribution >= 0.6 is 0 Å². The summed E-state index contributed by atoms with van der Waals surface area (Å²) >= 11 is 0. The maximum Gasteiger partial charge on any atom is 0.314 e. The lowest BCUT2D eigenvalue weighted by atomic mass is 9.84. The number of hydrogen-bond donors (Lipinski definition) is 2. The minimum absolute atomic E-state index is 0.118. The molecule has 0 atom stereocenters. The van der Waals surface area contributed by atoms with Crippen molar-refractivity contribution in [2.24, 2.45) is 7.05 Å². The minimum Gasteiger partial charge on any atom is -0.350 e. The van der Waals surface area contributed by atoms with E-state index in [1.54, 1.807) is 7.05 Å². The van der Waals surface area contributed by atoms with Gasteiger partial charge in [0.1, 0.15) is 0 Å². The molecule has 1 aromatic carbocycles. The van der Waals surface area contributed by atoms with Crippen LogP contribution in [0.4, 0.5) is 4.79 Å². The fourth-order valence-corrected chi connectivity index (χ4v) is 2.37. The molecule has 2 N–H and O–H groups in total. The Morgan fingerprint density at radius 3 is 2.68 bits per heavy atom. The van der Waals surface area contributed by atoms with Gasteiger partial charge in [-0.25, -0.2) is 4.79 Å². The van der Waals surface area contributed by atoms with Crippen LogP contribution in [-0.4, -0.2) is 24.2 Å². The Balaban J connectivity index is 2.34. The number of aryl methyl sites for hydroxylation is 1. The second kappa shape index (κ2) is 4.96. The van der Waals surface area contributed by atoms with Crippen LogP contribution in [0, 0.1) is 0 Å². The second-order valence-corrected chi connectivity index (χ2v) is 5.49. The summed E-state index contributed by atoms with van der Waals surface area (Å²) in [6, 6.07) is 8.19. The first-order chi connectivity index (χ1) is 8.95. The molecule has 0 fully saturated rings. The molecule has 1 heterocycles. The molecule has 2 aromatic rings. The lowest BCUT2D eigenvalue weighted by molar-refractivity contribution is 0.240. The smallest absolute Gasteiger partial charge is 0.314 e. The Morgan fingerprint density at radius 1 is 1.32 bits per heavy atom. The topological polar surface area (TPSA) is 46.1 Å². The Bertz CT molecular complexity index is 598. The van der Waals surface area contributed by atoms with Crippen molar-refractivity contribution in [3.05, 3.63) is 36.0 Å². The van der Waals surface area contributed by atoms with Crippen LogP contribution in [-0.2, 0) is 12.5 Å². The molecular formula is C15H21N3O. The third kappa shape index (κ3) is 2.57. The molecule has 19 heavy (non-hydrogen) atoms. The van der Waals surface area contributed by atoms with Crippen LogP contribution < -0.4 is 10.6 Å². The largest absolute Gasteiger partial charge is 0.350 e. The van der Waals surface area contributed by atoms with Gasteiger partial charge >= 0.3 is 6.03 Å². The van der Waals surface area contributed by atoms with Gasteiger partial charge in [-0.1, -0.05) is 32.0 Å². The molecule has 0 aliphatic heterocycles. The van der Waals surface area contributed by atoms with E-state index >= 15 is 0 Å². The van der Waals surface area contributed by atoms with Gasteiger partial charge in [-0.15, -0.1) is 0 Å². The summed E-state index contributed by atoms with van der Waals surface area (Å²) in [6.07, 6.45) is 2.15. The number of para-hydroxylation sites is 1. The first kappa shape index (κ1) is 13.5. The second-order valence-electron chi connectivity index (χ2n) is 5.49. The molecule has 0 aliphatic carbocycles. The summed E-state index contributed by atoms with van der Waals surface area (Å²) in [6.45, 7) is 4.89. The lowest BCUT2D eigenvalue weighted by Crippen LogP contribution is -2.40. The van der Waals surface area contributed by atoms with Gasteiger partial charge in [0.05, 0.1) is 0 Å². The van der Waals surface area contributed by atoms with Gasteiger partial charge in [0.15, 0.2) is 0 Å². The molecule has 4 nitrogen and oxygen atoms in total. The van der Waals surface area contributed by atoms with Gasteiger partial charge in [0.2, 0.25) is 0 Å². The predicted octanol–water partition coefficient (Wildman–Crippen LogP) is 2.38. The van der Waals surface area contributed by atoms with E-state index in [0.717, 1.165) is 0 Å². The van der Waals surface area contributed by atoms with E-state index in [1.807, 2.05) is 19.2 Å². The third-order valence-electron chi connectivity index (χ3n) is 3.54. The normalized spacial score (nSPS) is 11.6. The van der Waals surface area contributed by atoms with Crippen molar-refractivity contribution < 1.29 is 4.79 Å². The van der Waals surface area contributed by atoms with Crippen molar-refractivity contribution in [2.45, 2.75) is 19.3 Å². The summed E-state index contributed by atoms with van der Waals surface area (Å²) in [5.41, 5.74) is 2.35. The molecule has 0 bridgehead atoms. The maximum atomic E-state index is 11.3. The SMILES string of the molecule is CNC(=O)NCC(C)(C)c1cn(C)c2ccccc12. The highest BCUT2D eigenvalue weighted by molar-refractivity contribution is 5.85. The number of carbonyl (C=O) groups is 1. The Labute approximate surface area is 113 Å². The summed E-state index contributed by atoms with van der Waals surface area (Å²) in [7, 11) is 3.67. The van der Waals surface area contributed by atoms with E-state index in [2.05, 4.69) is 47.4 Å². The number of amides is 2. The molecule has 0 saturated heterocycles. The van der Waals surface area contributed by atoms with Crippen LogP contribution in [0.5, 0.6) is 0 Å². The lowest BCUT2D eigenvalue weighted by Gasteiger charge is -2.24. The van der Waals surface area contributed by atoms with Crippen molar-refractivity contribution in [1.82, 2.24) is 15.2 Å². The molecule has 0 aliphatic rings. The van der Waals surface area contributed by atoms with Crippen LogP contribution in [0.15, 0.2) is 30.5 Å². The first-order valence-electron chi connectivity index (χ1n) is 6.46. The average Bonchev–Trinajstić information content (AvgIpc) is 2.75. The average molecular weight is 259 g/mol. The number of aromatic nitrogens is 1. The van der Waals surface area contributed by atoms with E-state index in [0.29, 0.717) is 6.54 Å². The first-order valence-corrected chi connectivity index (χ1v) is 6.46. The number of carbonyl (C=O) groups excluding carboxylic acids is 1. The van der Waals surface area contributed by atoms with Crippen molar-refractivity contribution >= 4 is 16.9 Å². The van der Waals surface area contributed by atoms with E-state index in [9.17, 15) is 4.79 Å². The highest BCUT2D eigenvalue weighted by atomic mass is 16.2. The molecular weight excluding hydrogens is 238 g/mol. The molecule has 2 rings (SSSR count). The Morgan fingerprint density at radius 2 is 2.00 bits per heavy atom. The number of urea groups is 1. The molecule has 1 aromatic heterocycles. The van der Waals surface area contributed by atoms with Crippen LogP contribution in [0.3, 0.4) is 0 Å². The molecule has 0 saturated carbocycles. The number of benzene rings is 1. The van der Waals surface area contributed by atoms with E-state index in [4.69, 9.17) is 0 Å². The number of fused-ring (bicyclic) bond motifs is 1. The van der Waals surface area contributed by atoms with Gasteiger partial charge in [0.25, 0.3) is 0 Å². The summed E-state index contributed by atoms with van der Waals surface area (Å²) < 4.78 is 2.13. The van der Waals surface area contributed by atoms with Crippen LogP contribution in [0.2, 0.25) is 0 Å². The van der Waals surface area contributed by atoms with Crippen molar-refractivity contribution in [1.29, 1.82) is 0 Å². The van der Waals surface area contributed by atoms with Gasteiger partial charge in [0, 0.05) is 43.2 Å². The number of nitrogens with zero attached hydrogens (tertiary/aromatic N) is 1. The quantitative estimate of drug-likeness (QED) is 0.873. The Hall–Kier alpha value is -1.97. The van der Waals surface area contributed by atoms with Crippen LogP contribution in [0.1, 0.15) is 19.4 Å². The standard InChI is InChI=1S/C15H21N3O/c1-15(2,10-17-14(19)16-3)12-9-18(4)13-8-6-5-7-11(12)13/h5-9H,10H2,1-4H3,(H2,16,17,19). The zero-order valence-corrected chi connectivity index (χ0v) is 11.9. The van der Waals surface area contributed by atoms with Gasteiger partial charge in [-0.05, 0) is 11.6 Å². The van der Waals surface area contributed by atoms with Gasteiger partial charge in [-0.2, -0.15) is 0 Å². The van der Waals surface area contributed by atoms with E-state index in [-0.39, 0.29) is 11.4 Å². The van der Waals surface area contributed by atoms with Crippen molar-refractivity contribution in [3.63, 3.8) is 0 Å². The fourth-order valence-electron chi connectivity index (χ4n) is 2.37. The van der Waals surface area contributed by atoms with E-state index < -0.39 is 0 Å². The monoisotopic (exact) mass is 259 g/mol. The molecule has 0 radical (unpaired) electrons. The minimum atomic E-state index is -0.145. The molecule has 102 valence electrons. The highest BCUT2D eigenvalue weighted by Gasteiger charge is 2.25. The molecule has 0 spiro atoms. The molecule has 2 amide bonds. The van der Waals surface area contributed by atoms with Crippen molar-refractivity contribution in [2.75, 3.05) is 13.6 Å². The number of hydrogen-bond acceptors (Lipinski definition) is 1. The zero-order chi connectivity index (χ0) is 14.0. The third-order valence-corrected chi connectivity index (χ3v) is 3.54. The highest BCUT2D eigenvalue weighted by Crippen LogP contribution is 2.31. The summed E-state index contributed by atoms with van der Waals surface area (Å²) in [5.74, 6) is 0. The van der Waals surface area contributed by atoms with Gasteiger partial charge < -0.3 is 15.2 Å². The number of nitrogens with one attached hydrogen (secondary N) is 2. The zero-order valence-electron chi connectivity index (χ0n) is 11.9. The molecule has 4 heteroatoms. The number of rotatable bonds is 3. The molecule has 0 unspecified atom stereocenters.